The Labute approximate surface area is 105 Å². The Morgan fingerprint density at radius 1 is 1.28 bits per heavy atom. The largest absolute Gasteiger partial charge is 0.496 e. The van der Waals surface area contributed by atoms with E-state index in [-0.39, 0.29) is 12.0 Å². The second-order valence-corrected chi connectivity index (χ2v) is 3.90. The van der Waals surface area contributed by atoms with Gasteiger partial charge in [0.1, 0.15) is 11.6 Å². The average molecular weight is 247 g/mol. The molecule has 1 heterocycles. The number of hydrogen-bond acceptors (Lipinski definition) is 3. The van der Waals surface area contributed by atoms with Crippen molar-refractivity contribution in [1.82, 2.24) is 4.98 Å². The molecule has 1 atom stereocenters. The summed E-state index contributed by atoms with van der Waals surface area (Å²) >= 11 is 0. The molecule has 1 aromatic carbocycles. The van der Waals surface area contributed by atoms with E-state index in [0.29, 0.717) is 11.4 Å². The van der Waals surface area contributed by atoms with E-state index in [4.69, 9.17) is 4.74 Å². The van der Waals surface area contributed by atoms with Crippen molar-refractivity contribution in [3.63, 3.8) is 0 Å². The van der Waals surface area contributed by atoms with Crippen LogP contribution in [0.1, 0.15) is 17.4 Å². The minimum absolute atomic E-state index is 0.172. The van der Waals surface area contributed by atoms with E-state index in [2.05, 4.69) is 4.98 Å². The predicted octanol–water partition coefficient (Wildman–Crippen LogP) is 2.51. The zero-order valence-electron chi connectivity index (χ0n) is 10.0. The predicted molar refractivity (Wildman–Crippen MR) is 65.9 cm³/mol. The van der Waals surface area contributed by atoms with Crippen LogP contribution in [0.3, 0.4) is 0 Å². The van der Waals surface area contributed by atoms with E-state index in [1.165, 1.54) is 13.2 Å². The van der Waals surface area contributed by atoms with Gasteiger partial charge in [-0.1, -0.05) is 12.1 Å². The molecule has 18 heavy (non-hydrogen) atoms. The number of hydrogen-bond donors (Lipinski definition) is 1. The topological polar surface area (TPSA) is 42.4 Å². The van der Waals surface area contributed by atoms with Crippen molar-refractivity contribution in [3.8, 4) is 5.75 Å². The zero-order valence-corrected chi connectivity index (χ0v) is 10.0. The Bertz CT molecular complexity index is 516. The molecule has 1 unspecified atom stereocenters. The molecule has 0 aliphatic rings. The van der Waals surface area contributed by atoms with Crippen LogP contribution in [0.25, 0.3) is 0 Å². The normalized spacial score (nSPS) is 12.2. The summed E-state index contributed by atoms with van der Waals surface area (Å²) in [5, 5.41) is 10.1. The van der Waals surface area contributed by atoms with Gasteiger partial charge in [-0.05, 0) is 24.3 Å². The van der Waals surface area contributed by atoms with Crippen LogP contribution in [-0.4, -0.2) is 17.2 Å². The fraction of sp³-hybridized carbons (Fsp3) is 0.214. The van der Waals surface area contributed by atoms with Gasteiger partial charge in [0.05, 0.1) is 18.8 Å². The smallest absolute Gasteiger partial charge is 0.132 e. The van der Waals surface area contributed by atoms with E-state index in [0.717, 1.165) is 0 Å². The lowest BCUT2D eigenvalue weighted by Gasteiger charge is -2.15. The number of methoxy groups -OCH3 is 1. The van der Waals surface area contributed by atoms with E-state index in [1.807, 2.05) is 6.07 Å². The first-order chi connectivity index (χ1) is 8.72. The fourth-order valence-corrected chi connectivity index (χ4v) is 1.84. The minimum Gasteiger partial charge on any atom is -0.496 e. The summed E-state index contributed by atoms with van der Waals surface area (Å²) in [5.41, 5.74) is 0.876. The molecule has 0 saturated heterocycles. The van der Waals surface area contributed by atoms with Crippen molar-refractivity contribution in [1.29, 1.82) is 0 Å². The number of pyridine rings is 1. The molecule has 1 aromatic heterocycles. The molecule has 4 heteroatoms. The second kappa shape index (κ2) is 5.60. The van der Waals surface area contributed by atoms with E-state index in [9.17, 15) is 9.50 Å². The first kappa shape index (κ1) is 12.5. The summed E-state index contributed by atoms with van der Waals surface area (Å²) in [4.78, 5) is 4.11. The number of aromatic nitrogens is 1. The van der Waals surface area contributed by atoms with Gasteiger partial charge in [0.15, 0.2) is 0 Å². The number of ether oxygens (including phenoxy) is 1. The van der Waals surface area contributed by atoms with Gasteiger partial charge in [0.2, 0.25) is 0 Å². The number of aliphatic hydroxyl groups excluding tert-OH is 1. The van der Waals surface area contributed by atoms with Crippen molar-refractivity contribution in [2.24, 2.45) is 0 Å². The van der Waals surface area contributed by atoms with Crippen molar-refractivity contribution in [3.05, 3.63) is 59.7 Å². The van der Waals surface area contributed by atoms with Gasteiger partial charge < -0.3 is 9.84 Å². The van der Waals surface area contributed by atoms with Crippen molar-refractivity contribution >= 4 is 0 Å². The molecular formula is C14H14FNO2. The lowest BCUT2D eigenvalue weighted by Crippen LogP contribution is -2.07. The number of rotatable bonds is 4. The summed E-state index contributed by atoms with van der Waals surface area (Å²) in [5.74, 6) is -0.129. The van der Waals surface area contributed by atoms with Gasteiger partial charge in [-0.3, -0.25) is 4.98 Å². The van der Waals surface area contributed by atoms with E-state index < -0.39 is 11.9 Å². The Hall–Kier alpha value is -1.94. The minimum atomic E-state index is -0.976. The molecule has 0 amide bonds. The Morgan fingerprint density at radius 2 is 2.11 bits per heavy atom. The lowest BCUT2D eigenvalue weighted by molar-refractivity contribution is 0.167. The SMILES string of the molecule is COc1cccc(F)c1C(O)Cc1ccccn1. The maximum atomic E-state index is 13.7. The van der Waals surface area contributed by atoms with Crippen LogP contribution in [0.5, 0.6) is 5.75 Å². The standard InChI is InChI=1S/C14H14FNO2/c1-18-13-7-4-6-11(15)14(13)12(17)9-10-5-2-3-8-16-10/h2-8,12,17H,9H2,1H3. The molecule has 0 spiro atoms. The van der Waals surface area contributed by atoms with Crippen LogP contribution >= 0.6 is 0 Å². The summed E-state index contributed by atoms with van der Waals surface area (Å²) < 4.78 is 18.8. The fourth-order valence-electron chi connectivity index (χ4n) is 1.84. The molecule has 0 aliphatic heterocycles. The van der Waals surface area contributed by atoms with Gasteiger partial charge in [0, 0.05) is 18.3 Å². The highest BCUT2D eigenvalue weighted by atomic mass is 19.1. The van der Waals surface area contributed by atoms with Crippen LogP contribution in [0.4, 0.5) is 4.39 Å². The molecule has 0 aliphatic carbocycles. The number of aliphatic hydroxyl groups is 1. The molecule has 3 nitrogen and oxygen atoms in total. The highest BCUT2D eigenvalue weighted by Crippen LogP contribution is 2.29. The van der Waals surface area contributed by atoms with Crippen LogP contribution in [0.15, 0.2) is 42.6 Å². The Kier molecular flexibility index (Phi) is 3.89. The quantitative estimate of drug-likeness (QED) is 0.902. The summed E-state index contributed by atoms with van der Waals surface area (Å²) in [6.45, 7) is 0. The highest BCUT2D eigenvalue weighted by molar-refractivity contribution is 5.36. The van der Waals surface area contributed by atoms with Gasteiger partial charge in [-0.25, -0.2) is 4.39 Å². The molecule has 2 rings (SSSR count). The maximum Gasteiger partial charge on any atom is 0.132 e. The van der Waals surface area contributed by atoms with E-state index >= 15 is 0 Å². The zero-order chi connectivity index (χ0) is 13.0. The average Bonchev–Trinajstić information content (AvgIpc) is 2.39. The first-order valence-electron chi connectivity index (χ1n) is 5.62. The van der Waals surface area contributed by atoms with Crippen molar-refractivity contribution in [2.75, 3.05) is 7.11 Å². The first-order valence-corrected chi connectivity index (χ1v) is 5.62. The molecule has 0 saturated carbocycles. The van der Waals surface area contributed by atoms with Gasteiger partial charge in [0.25, 0.3) is 0 Å². The summed E-state index contributed by atoms with van der Waals surface area (Å²) in [6, 6.07) is 9.88. The number of benzene rings is 1. The monoisotopic (exact) mass is 247 g/mol. The summed E-state index contributed by atoms with van der Waals surface area (Å²) in [6.07, 6.45) is 0.912. The van der Waals surface area contributed by atoms with Crippen molar-refractivity contribution in [2.45, 2.75) is 12.5 Å². The molecule has 0 fully saturated rings. The molecule has 2 aromatic rings. The van der Waals surface area contributed by atoms with Crippen LogP contribution in [0.2, 0.25) is 0 Å². The molecule has 0 bridgehead atoms. The number of halogens is 1. The molecular weight excluding hydrogens is 233 g/mol. The third-order valence-electron chi connectivity index (χ3n) is 2.69. The highest BCUT2D eigenvalue weighted by Gasteiger charge is 2.18. The maximum absolute atomic E-state index is 13.7. The lowest BCUT2D eigenvalue weighted by atomic mass is 10.0. The molecule has 0 radical (unpaired) electrons. The second-order valence-electron chi connectivity index (χ2n) is 3.90. The van der Waals surface area contributed by atoms with Crippen LogP contribution < -0.4 is 4.74 Å². The van der Waals surface area contributed by atoms with Gasteiger partial charge in [-0.2, -0.15) is 0 Å². The van der Waals surface area contributed by atoms with Gasteiger partial charge in [-0.15, -0.1) is 0 Å². The van der Waals surface area contributed by atoms with Crippen molar-refractivity contribution < 1.29 is 14.2 Å². The van der Waals surface area contributed by atoms with Gasteiger partial charge >= 0.3 is 0 Å². The van der Waals surface area contributed by atoms with E-state index in [1.54, 1.807) is 30.5 Å². The van der Waals surface area contributed by atoms with Crippen LogP contribution in [-0.2, 0) is 6.42 Å². The Balaban J connectivity index is 2.26. The molecule has 94 valence electrons. The third kappa shape index (κ3) is 2.65. The molecule has 1 N–H and O–H groups in total. The third-order valence-corrected chi connectivity index (χ3v) is 2.69. The Morgan fingerprint density at radius 3 is 2.78 bits per heavy atom. The summed E-state index contributed by atoms with van der Waals surface area (Å²) in [7, 11) is 1.45. The number of nitrogens with zero attached hydrogens (tertiary/aromatic N) is 1. The van der Waals surface area contributed by atoms with Crippen LogP contribution in [0, 0.1) is 5.82 Å².